The Labute approximate surface area is 170 Å². The van der Waals surface area contributed by atoms with Crippen molar-refractivity contribution in [2.75, 3.05) is 0 Å². The third-order valence-electron chi connectivity index (χ3n) is 4.35. The average Bonchev–Trinajstić information content (AvgIpc) is 3.34. The number of hydrogen-bond acceptors (Lipinski definition) is 7. The van der Waals surface area contributed by atoms with Gasteiger partial charge in [0.25, 0.3) is 5.56 Å². The van der Waals surface area contributed by atoms with Crippen LogP contribution in [0.15, 0.2) is 56.9 Å². The maximum Gasteiger partial charge on any atom is 0.260 e. The number of carbonyl (C=O) groups excluding carboxylic acids is 1. The van der Waals surface area contributed by atoms with Crippen molar-refractivity contribution < 1.29 is 4.79 Å². The normalized spacial score (nSPS) is 11.5. The molecule has 1 N–H and O–H groups in total. The number of thiazole rings is 1. The summed E-state index contributed by atoms with van der Waals surface area (Å²) in [6.07, 6.45) is 2.57. The van der Waals surface area contributed by atoms with Gasteiger partial charge in [0.1, 0.15) is 15.6 Å². The van der Waals surface area contributed by atoms with Gasteiger partial charge >= 0.3 is 0 Å². The van der Waals surface area contributed by atoms with Crippen LogP contribution in [0.5, 0.6) is 0 Å². The molecule has 0 spiro atoms. The zero-order valence-electron chi connectivity index (χ0n) is 14.5. The Balaban J connectivity index is 1.63. The molecule has 5 rings (SSSR count). The van der Waals surface area contributed by atoms with Crippen molar-refractivity contribution in [3.63, 3.8) is 0 Å². The molecule has 28 heavy (non-hydrogen) atoms. The Morgan fingerprint density at radius 2 is 2.04 bits per heavy atom. The van der Waals surface area contributed by atoms with E-state index >= 15 is 0 Å². The van der Waals surface area contributed by atoms with E-state index in [-0.39, 0.29) is 5.56 Å². The summed E-state index contributed by atoms with van der Waals surface area (Å²) >= 11 is 4.13. The van der Waals surface area contributed by atoms with Crippen LogP contribution in [0.1, 0.15) is 15.4 Å². The van der Waals surface area contributed by atoms with Gasteiger partial charge in [-0.15, -0.1) is 22.7 Å². The Morgan fingerprint density at radius 3 is 2.82 bits per heavy atom. The van der Waals surface area contributed by atoms with E-state index in [0.29, 0.717) is 26.1 Å². The highest BCUT2D eigenvalue weighted by molar-refractivity contribution is 7.99. The second kappa shape index (κ2) is 6.69. The molecule has 9 heteroatoms. The van der Waals surface area contributed by atoms with Gasteiger partial charge in [-0.1, -0.05) is 30.3 Å². The molecular weight excluding hydrogens is 412 g/mol. The molecule has 0 saturated heterocycles. The van der Waals surface area contributed by atoms with E-state index in [1.165, 1.54) is 34.4 Å². The second-order valence-electron chi connectivity index (χ2n) is 6.03. The summed E-state index contributed by atoms with van der Waals surface area (Å²) in [7, 11) is 0. The standard InChI is InChI=1S/C19H12N4O2S3/c1-10-13(11-5-3-2-4-6-11)14-15(25)20-18(21-17(14)27-10)28-16-12(9-24)23-7-8-26-19(23)22-16/h2-9H,1H3,(H,20,21,25). The van der Waals surface area contributed by atoms with Gasteiger partial charge in [0.2, 0.25) is 0 Å². The summed E-state index contributed by atoms with van der Waals surface area (Å²) in [5.41, 5.74) is 2.18. The molecule has 4 heterocycles. The van der Waals surface area contributed by atoms with Gasteiger partial charge in [-0.2, -0.15) is 0 Å². The number of aldehydes is 1. The number of carbonyl (C=O) groups is 1. The van der Waals surface area contributed by atoms with Gasteiger partial charge in [0.05, 0.1) is 5.39 Å². The first-order valence-corrected chi connectivity index (χ1v) is 10.8. The van der Waals surface area contributed by atoms with E-state index in [4.69, 9.17) is 0 Å². The number of aryl methyl sites for hydroxylation is 1. The van der Waals surface area contributed by atoms with E-state index in [1.54, 1.807) is 10.6 Å². The molecule has 6 nitrogen and oxygen atoms in total. The summed E-state index contributed by atoms with van der Waals surface area (Å²) in [4.78, 5) is 38.8. The predicted molar refractivity (Wildman–Crippen MR) is 113 cm³/mol. The summed E-state index contributed by atoms with van der Waals surface area (Å²) < 4.78 is 1.74. The number of rotatable bonds is 4. The van der Waals surface area contributed by atoms with Gasteiger partial charge in [0, 0.05) is 22.0 Å². The molecule has 0 unspecified atom stereocenters. The largest absolute Gasteiger partial charge is 0.301 e. The van der Waals surface area contributed by atoms with Gasteiger partial charge in [0.15, 0.2) is 16.4 Å². The molecule has 138 valence electrons. The Bertz CT molecular complexity index is 1400. The number of aromatic amines is 1. The molecule has 0 aliphatic rings. The highest BCUT2D eigenvalue weighted by Crippen LogP contribution is 2.37. The maximum absolute atomic E-state index is 12.9. The molecule has 0 fully saturated rings. The highest BCUT2D eigenvalue weighted by atomic mass is 32.2. The zero-order chi connectivity index (χ0) is 19.3. The first kappa shape index (κ1) is 17.4. The van der Waals surface area contributed by atoms with E-state index in [9.17, 15) is 9.59 Å². The first-order chi connectivity index (χ1) is 13.7. The van der Waals surface area contributed by atoms with Gasteiger partial charge in [-0.25, -0.2) is 9.97 Å². The van der Waals surface area contributed by atoms with Crippen LogP contribution >= 0.6 is 34.4 Å². The minimum absolute atomic E-state index is 0.190. The number of thiophene rings is 1. The topological polar surface area (TPSA) is 80.1 Å². The van der Waals surface area contributed by atoms with Gasteiger partial charge in [-0.05, 0) is 24.2 Å². The minimum atomic E-state index is -0.190. The Kier molecular flexibility index (Phi) is 4.15. The van der Waals surface area contributed by atoms with Crippen molar-refractivity contribution in [1.29, 1.82) is 0 Å². The van der Waals surface area contributed by atoms with Crippen LogP contribution in [0.2, 0.25) is 0 Å². The SMILES string of the molecule is Cc1sc2nc(Sc3nc4sccn4c3C=O)[nH]c(=O)c2c1-c1ccccc1. The molecular formula is C19H12N4O2S3. The highest BCUT2D eigenvalue weighted by Gasteiger charge is 2.19. The molecule has 5 aromatic rings. The lowest BCUT2D eigenvalue weighted by molar-refractivity contribution is 0.111. The van der Waals surface area contributed by atoms with Crippen molar-refractivity contribution in [2.24, 2.45) is 0 Å². The van der Waals surface area contributed by atoms with Gasteiger partial charge < -0.3 is 4.98 Å². The Hall–Kier alpha value is -2.75. The number of fused-ring (bicyclic) bond motifs is 2. The zero-order valence-corrected chi connectivity index (χ0v) is 17.0. The van der Waals surface area contributed by atoms with Crippen LogP contribution in [0.3, 0.4) is 0 Å². The number of nitrogens with zero attached hydrogens (tertiary/aromatic N) is 3. The van der Waals surface area contributed by atoms with Gasteiger partial charge in [-0.3, -0.25) is 14.0 Å². The maximum atomic E-state index is 12.9. The predicted octanol–water partition coefficient (Wildman–Crippen LogP) is 4.63. The summed E-state index contributed by atoms with van der Waals surface area (Å²) in [6, 6.07) is 9.84. The monoisotopic (exact) mass is 424 g/mol. The molecule has 4 aromatic heterocycles. The molecule has 0 atom stereocenters. The summed E-state index contributed by atoms with van der Waals surface area (Å²) in [6.45, 7) is 1.99. The number of hydrogen-bond donors (Lipinski definition) is 1. The molecule has 0 radical (unpaired) electrons. The van der Waals surface area contributed by atoms with E-state index in [0.717, 1.165) is 27.3 Å². The summed E-state index contributed by atoms with van der Waals surface area (Å²) in [5.74, 6) is 0. The lowest BCUT2D eigenvalue weighted by atomic mass is 10.0. The van der Waals surface area contributed by atoms with Crippen LogP contribution in [0, 0.1) is 6.92 Å². The average molecular weight is 425 g/mol. The van der Waals surface area contributed by atoms with Crippen LogP contribution in [0.4, 0.5) is 0 Å². The van der Waals surface area contributed by atoms with Crippen molar-refractivity contribution >= 4 is 55.9 Å². The number of aromatic nitrogens is 4. The number of benzene rings is 1. The smallest absolute Gasteiger partial charge is 0.260 e. The first-order valence-electron chi connectivity index (χ1n) is 8.33. The van der Waals surface area contributed by atoms with E-state index < -0.39 is 0 Å². The fourth-order valence-electron chi connectivity index (χ4n) is 3.16. The minimum Gasteiger partial charge on any atom is -0.301 e. The molecule has 0 aliphatic heterocycles. The van der Waals surface area contributed by atoms with Crippen molar-refractivity contribution in [3.05, 3.63) is 62.8 Å². The number of H-pyrrole nitrogens is 1. The quantitative estimate of drug-likeness (QED) is 0.336. The van der Waals surface area contributed by atoms with Crippen LogP contribution in [0.25, 0.3) is 26.3 Å². The summed E-state index contributed by atoms with van der Waals surface area (Å²) in [5, 5.41) is 3.42. The molecule has 0 amide bonds. The molecule has 0 saturated carbocycles. The molecule has 0 aliphatic carbocycles. The Morgan fingerprint density at radius 1 is 1.21 bits per heavy atom. The second-order valence-corrected chi connectivity index (χ2v) is 9.08. The molecule has 0 bridgehead atoms. The number of imidazole rings is 1. The van der Waals surface area contributed by atoms with Crippen molar-refractivity contribution in [1.82, 2.24) is 19.4 Å². The van der Waals surface area contributed by atoms with E-state index in [1.807, 2.05) is 42.6 Å². The van der Waals surface area contributed by atoms with Crippen LogP contribution in [-0.2, 0) is 0 Å². The van der Waals surface area contributed by atoms with E-state index in [2.05, 4.69) is 15.0 Å². The fraction of sp³-hybridized carbons (Fsp3) is 0.0526. The fourth-order valence-corrected chi connectivity index (χ4v) is 5.89. The number of nitrogens with one attached hydrogen (secondary N) is 1. The van der Waals surface area contributed by atoms with Crippen molar-refractivity contribution in [2.45, 2.75) is 17.1 Å². The lowest BCUT2D eigenvalue weighted by Crippen LogP contribution is -2.08. The molecule has 1 aromatic carbocycles. The van der Waals surface area contributed by atoms with Crippen LogP contribution in [-0.4, -0.2) is 25.6 Å². The van der Waals surface area contributed by atoms with Crippen LogP contribution < -0.4 is 5.56 Å². The van der Waals surface area contributed by atoms with Crippen molar-refractivity contribution in [3.8, 4) is 11.1 Å². The third-order valence-corrected chi connectivity index (χ3v) is 6.99. The third kappa shape index (κ3) is 2.70. The lowest BCUT2D eigenvalue weighted by Gasteiger charge is -2.02.